The highest BCUT2D eigenvalue weighted by atomic mass is 19.1. The number of nitrogens with two attached hydrogens (primary N) is 1. The zero-order chi connectivity index (χ0) is 13.1. The number of rotatable bonds is 2. The molecule has 0 fully saturated rings. The fraction of sp³-hybridized carbons (Fsp3) is 0.0714. The predicted molar refractivity (Wildman–Crippen MR) is 70.0 cm³/mol. The minimum Gasteiger partial charge on any atom is -0.398 e. The van der Waals surface area contributed by atoms with Gasteiger partial charge in [0, 0.05) is 5.69 Å². The van der Waals surface area contributed by atoms with Crippen molar-refractivity contribution in [1.82, 2.24) is 0 Å². The maximum atomic E-state index is 13.6. The van der Waals surface area contributed by atoms with Crippen molar-refractivity contribution in [2.24, 2.45) is 0 Å². The second kappa shape index (κ2) is 4.76. The Labute approximate surface area is 105 Å². The fourth-order valence-electron chi connectivity index (χ4n) is 1.62. The molecule has 4 heteroatoms. The zero-order valence-electron chi connectivity index (χ0n) is 9.87. The van der Waals surface area contributed by atoms with Crippen molar-refractivity contribution in [3.63, 3.8) is 0 Å². The van der Waals surface area contributed by atoms with Crippen LogP contribution in [0.3, 0.4) is 0 Å². The lowest BCUT2D eigenvalue weighted by molar-refractivity contribution is 0.631. The van der Waals surface area contributed by atoms with Crippen LogP contribution in [0.2, 0.25) is 0 Å². The SMILES string of the molecule is Cc1ccc(Nc2ccc(C#N)c(N)c2)c(F)c1. The molecule has 0 aliphatic carbocycles. The highest BCUT2D eigenvalue weighted by Crippen LogP contribution is 2.23. The fourth-order valence-corrected chi connectivity index (χ4v) is 1.62. The van der Waals surface area contributed by atoms with E-state index in [4.69, 9.17) is 11.0 Å². The molecule has 0 bridgehead atoms. The summed E-state index contributed by atoms with van der Waals surface area (Å²) >= 11 is 0. The quantitative estimate of drug-likeness (QED) is 0.793. The lowest BCUT2D eigenvalue weighted by Crippen LogP contribution is -1.97. The molecule has 0 aliphatic rings. The van der Waals surface area contributed by atoms with Gasteiger partial charge in [-0.05, 0) is 42.8 Å². The highest BCUT2D eigenvalue weighted by Gasteiger charge is 2.04. The third-order valence-electron chi connectivity index (χ3n) is 2.58. The number of hydrogen-bond acceptors (Lipinski definition) is 3. The number of benzene rings is 2. The number of nitriles is 1. The summed E-state index contributed by atoms with van der Waals surface area (Å²) in [6.07, 6.45) is 0. The third-order valence-corrected chi connectivity index (χ3v) is 2.58. The minimum absolute atomic E-state index is 0.321. The van der Waals surface area contributed by atoms with E-state index in [1.807, 2.05) is 19.1 Å². The molecule has 0 saturated heterocycles. The van der Waals surface area contributed by atoms with Gasteiger partial charge in [0.2, 0.25) is 0 Å². The van der Waals surface area contributed by atoms with E-state index in [0.29, 0.717) is 22.6 Å². The van der Waals surface area contributed by atoms with Crippen molar-refractivity contribution in [3.05, 3.63) is 53.3 Å². The second-order valence-corrected chi connectivity index (χ2v) is 4.02. The van der Waals surface area contributed by atoms with Gasteiger partial charge in [0.05, 0.1) is 16.9 Å². The van der Waals surface area contributed by atoms with E-state index in [1.165, 1.54) is 6.07 Å². The molecule has 0 radical (unpaired) electrons. The monoisotopic (exact) mass is 241 g/mol. The van der Waals surface area contributed by atoms with Crippen LogP contribution in [0.15, 0.2) is 36.4 Å². The molecule has 18 heavy (non-hydrogen) atoms. The summed E-state index contributed by atoms with van der Waals surface area (Å²) < 4.78 is 13.6. The number of anilines is 3. The smallest absolute Gasteiger partial charge is 0.146 e. The summed E-state index contributed by atoms with van der Waals surface area (Å²) in [6.45, 7) is 1.83. The van der Waals surface area contributed by atoms with Crippen LogP contribution in [0.4, 0.5) is 21.5 Å². The van der Waals surface area contributed by atoms with Crippen molar-refractivity contribution in [2.45, 2.75) is 6.92 Å². The van der Waals surface area contributed by atoms with Gasteiger partial charge in [-0.15, -0.1) is 0 Å². The molecule has 2 aromatic carbocycles. The Morgan fingerprint density at radius 2 is 2.00 bits per heavy atom. The molecule has 0 unspecified atom stereocenters. The molecule has 0 amide bonds. The van der Waals surface area contributed by atoms with Gasteiger partial charge in [0.15, 0.2) is 0 Å². The number of nitrogen functional groups attached to an aromatic ring is 1. The van der Waals surface area contributed by atoms with Crippen LogP contribution < -0.4 is 11.1 Å². The summed E-state index contributed by atoms with van der Waals surface area (Å²) in [6, 6.07) is 11.8. The van der Waals surface area contributed by atoms with Crippen LogP contribution in [-0.4, -0.2) is 0 Å². The molecule has 3 N–H and O–H groups in total. The van der Waals surface area contributed by atoms with Gasteiger partial charge in [0.25, 0.3) is 0 Å². The highest BCUT2D eigenvalue weighted by molar-refractivity contribution is 5.68. The first-order valence-corrected chi connectivity index (χ1v) is 5.43. The van der Waals surface area contributed by atoms with Gasteiger partial charge < -0.3 is 11.1 Å². The van der Waals surface area contributed by atoms with Crippen LogP contribution in [-0.2, 0) is 0 Å². The summed E-state index contributed by atoms with van der Waals surface area (Å²) in [5, 5.41) is 11.7. The molecule has 2 aromatic rings. The summed E-state index contributed by atoms with van der Waals surface area (Å²) in [4.78, 5) is 0. The molecule has 0 heterocycles. The van der Waals surface area contributed by atoms with Crippen LogP contribution in [0.5, 0.6) is 0 Å². The average molecular weight is 241 g/mol. The van der Waals surface area contributed by atoms with Crippen molar-refractivity contribution >= 4 is 17.1 Å². The van der Waals surface area contributed by atoms with E-state index in [1.54, 1.807) is 24.3 Å². The molecule has 90 valence electrons. The molecule has 0 saturated carbocycles. The van der Waals surface area contributed by atoms with E-state index in [2.05, 4.69) is 5.32 Å². The molecule has 3 nitrogen and oxygen atoms in total. The van der Waals surface area contributed by atoms with Crippen molar-refractivity contribution in [1.29, 1.82) is 5.26 Å². The molecular weight excluding hydrogens is 229 g/mol. The summed E-state index contributed by atoms with van der Waals surface area (Å²) in [7, 11) is 0. The Bertz CT molecular complexity index is 629. The van der Waals surface area contributed by atoms with Crippen LogP contribution in [0.25, 0.3) is 0 Å². The van der Waals surface area contributed by atoms with Crippen molar-refractivity contribution < 1.29 is 4.39 Å². The van der Waals surface area contributed by atoms with Gasteiger partial charge >= 0.3 is 0 Å². The topological polar surface area (TPSA) is 61.8 Å². The average Bonchev–Trinajstić information content (AvgIpc) is 2.33. The van der Waals surface area contributed by atoms with Crippen molar-refractivity contribution in [3.8, 4) is 6.07 Å². The van der Waals surface area contributed by atoms with Gasteiger partial charge in [-0.25, -0.2) is 4.39 Å². The van der Waals surface area contributed by atoms with E-state index < -0.39 is 0 Å². The van der Waals surface area contributed by atoms with Gasteiger partial charge in [-0.1, -0.05) is 6.07 Å². The predicted octanol–water partition coefficient (Wildman–Crippen LogP) is 3.33. The third kappa shape index (κ3) is 2.41. The Hall–Kier alpha value is -2.54. The first-order valence-electron chi connectivity index (χ1n) is 5.43. The number of aryl methyl sites for hydroxylation is 1. The van der Waals surface area contributed by atoms with Crippen LogP contribution >= 0.6 is 0 Å². The van der Waals surface area contributed by atoms with E-state index in [9.17, 15) is 4.39 Å². The van der Waals surface area contributed by atoms with E-state index in [0.717, 1.165) is 5.56 Å². The van der Waals surface area contributed by atoms with E-state index >= 15 is 0 Å². The maximum Gasteiger partial charge on any atom is 0.146 e. The summed E-state index contributed by atoms with van der Waals surface area (Å²) in [5.41, 5.74) is 8.35. The molecule has 0 spiro atoms. The van der Waals surface area contributed by atoms with Crippen LogP contribution in [0, 0.1) is 24.1 Å². The maximum absolute atomic E-state index is 13.6. The lowest BCUT2D eigenvalue weighted by atomic mass is 10.1. The van der Waals surface area contributed by atoms with Gasteiger partial charge in [-0.3, -0.25) is 0 Å². The number of nitrogens with zero attached hydrogens (tertiary/aromatic N) is 1. The van der Waals surface area contributed by atoms with E-state index in [-0.39, 0.29) is 5.82 Å². The molecule has 0 aliphatic heterocycles. The molecule has 0 atom stereocenters. The van der Waals surface area contributed by atoms with Crippen molar-refractivity contribution in [2.75, 3.05) is 11.1 Å². The first-order chi connectivity index (χ1) is 8.60. The largest absolute Gasteiger partial charge is 0.398 e. The van der Waals surface area contributed by atoms with Gasteiger partial charge in [-0.2, -0.15) is 5.26 Å². The number of halogens is 1. The zero-order valence-corrected chi connectivity index (χ0v) is 9.87. The minimum atomic E-state index is -0.321. The molecular formula is C14H12FN3. The lowest BCUT2D eigenvalue weighted by Gasteiger charge is -2.09. The number of hydrogen-bond donors (Lipinski definition) is 2. The Morgan fingerprint density at radius 3 is 2.61 bits per heavy atom. The molecule has 2 rings (SSSR count). The summed E-state index contributed by atoms with van der Waals surface area (Å²) in [5.74, 6) is -0.321. The Balaban J connectivity index is 2.29. The Kier molecular flexibility index (Phi) is 3.16. The normalized spacial score (nSPS) is 9.83. The molecule has 0 aromatic heterocycles. The number of nitrogens with one attached hydrogen (secondary N) is 1. The second-order valence-electron chi connectivity index (χ2n) is 4.02. The first kappa shape index (κ1) is 11.9. The van der Waals surface area contributed by atoms with Crippen LogP contribution in [0.1, 0.15) is 11.1 Å². The Morgan fingerprint density at radius 1 is 1.22 bits per heavy atom. The standard InChI is InChI=1S/C14H12FN3/c1-9-2-5-14(12(15)6-9)18-11-4-3-10(8-16)13(17)7-11/h2-7,18H,17H2,1H3. The van der Waals surface area contributed by atoms with Gasteiger partial charge in [0.1, 0.15) is 11.9 Å².